The van der Waals surface area contributed by atoms with Gasteiger partial charge in [-0.1, -0.05) is 0 Å². The minimum atomic E-state index is -0.494. The van der Waals surface area contributed by atoms with E-state index < -0.39 is 4.92 Å². The average Bonchev–Trinajstić information content (AvgIpc) is 2.38. The molecule has 0 radical (unpaired) electrons. The number of nitrogens with one attached hydrogen (secondary N) is 1. The maximum Gasteiger partial charge on any atom is 0.296 e. The van der Waals surface area contributed by atoms with Crippen molar-refractivity contribution in [1.29, 1.82) is 0 Å². The van der Waals surface area contributed by atoms with Crippen LogP contribution in [0.5, 0.6) is 5.75 Å². The standard InChI is InChI=1S/C12H16N2O4/c15-10-1-2-11(12(7-10)14(16)17)13-8-9-3-5-18-6-4-9/h1-2,7,9,13,15H,3-6,8H2. The van der Waals surface area contributed by atoms with Crippen LogP contribution in [0.15, 0.2) is 18.2 Å². The van der Waals surface area contributed by atoms with E-state index in [4.69, 9.17) is 4.74 Å². The van der Waals surface area contributed by atoms with Crippen LogP contribution in [-0.4, -0.2) is 29.8 Å². The van der Waals surface area contributed by atoms with E-state index in [0.29, 0.717) is 18.2 Å². The van der Waals surface area contributed by atoms with Gasteiger partial charge in [0, 0.05) is 19.8 Å². The first-order valence-electron chi connectivity index (χ1n) is 5.96. The minimum Gasteiger partial charge on any atom is -0.508 e. The van der Waals surface area contributed by atoms with Crippen LogP contribution in [0.3, 0.4) is 0 Å². The first-order valence-corrected chi connectivity index (χ1v) is 5.96. The molecule has 1 aliphatic rings. The second-order valence-corrected chi connectivity index (χ2v) is 4.40. The van der Waals surface area contributed by atoms with Crippen molar-refractivity contribution in [2.24, 2.45) is 5.92 Å². The van der Waals surface area contributed by atoms with Gasteiger partial charge in [0.15, 0.2) is 0 Å². The quantitative estimate of drug-likeness (QED) is 0.487. The van der Waals surface area contributed by atoms with Crippen LogP contribution >= 0.6 is 0 Å². The molecule has 6 nitrogen and oxygen atoms in total. The summed E-state index contributed by atoms with van der Waals surface area (Å²) in [6.45, 7) is 2.20. The highest BCUT2D eigenvalue weighted by Gasteiger charge is 2.17. The van der Waals surface area contributed by atoms with Crippen LogP contribution in [0, 0.1) is 16.0 Å². The van der Waals surface area contributed by atoms with Crippen LogP contribution in [0.1, 0.15) is 12.8 Å². The molecule has 1 heterocycles. The van der Waals surface area contributed by atoms with Crippen LogP contribution in [0.4, 0.5) is 11.4 Å². The molecule has 0 amide bonds. The van der Waals surface area contributed by atoms with Gasteiger partial charge in [-0.15, -0.1) is 0 Å². The van der Waals surface area contributed by atoms with Gasteiger partial charge in [0.1, 0.15) is 11.4 Å². The Morgan fingerprint density at radius 1 is 1.44 bits per heavy atom. The molecule has 1 aromatic rings. The van der Waals surface area contributed by atoms with Crippen molar-refractivity contribution >= 4 is 11.4 Å². The van der Waals surface area contributed by atoms with Gasteiger partial charge in [-0.2, -0.15) is 0 Å². The molecule has 0 atom stereocenters. The Kier molecular flexibility index (Phi) is 3.99. The number of hydrogen-bond acceptors (Lipinski definition) is 5. The normalized spacial score (nSPS) is 16.4. The first kappa shape index (κ1) is 12.6. The zero-order valence-electron chi connectivity index (χ0n) is 9.96. The summed E-state index contributed by atoms with van der Waals surface area (Å²) in [6.07, 6.45) is 1.94. The number of aromatic hydroxyl groups is 1. The molecular formula is C12H16N2O4. The van der Waals surface area contributed by atoms with E-state index >= 15 is 0 Å². The number of benzene rings is 1. The fourth-order valence-corrected chi connectivity index (χ4v) is 2.03. The van der Waals surface area contributed by atoms with Gasteiger partial charge in [-0.05, 0) is 30.9 Å². The zero-order chi connectivity index (χ0) is 13.0. The van der Waals surface area contributed by atoms with Crippen molar-refractivity contribution < 1.29 is 14.8 Å². The molecule has 1 aliphatic heterocycles. The Morgan fingerprint density at radius 2 is 2.17 bits per heavy atom. The lowest BCUT2D eigenvalue weighted by Crippen LogP contribution is -2.22. The predicted octanol–water partition coefficient (Wildman–Crippen LogP) is 2.14. The highest BCUT2D eigenvalue weighted by Crippen LogP contribution is 2.29. The lowest BCUT2D eigenvalue weighted by atomic mass is 10.0. The fourth-order valence-electron chi connectivity index (χ4n) is 2.03. The number of phenols is 1. The summed E-state index contributed by atoms with van der Waals surface area (Å²) in [7, 11) is 0. The molecule has 0 bridgehead atoms. The Balaban J connectivity index is 2.01. The molecule has 98 valence electrons. The second kappa shape index (κ2) is 5.68. The fraction of sp³-hybridized carbons (Fsp3) is 0.500. The SMILES string of the molecule is O=[N+]([O-])c1cc(O)ccc1NCC1CCOCC1. The van der Waals surface area contributed by atoms with Crippen molar-refractivity contribution in [3.8, 4) is 5.75 Å². The zero-order valence-corrected chi connectivity index (χ0v) is 9.96. The summed E-state index contributed by atoms with van der Waals surface area (Å²) in [5.41, 5.74) is 0.353. The van der Waals surface area contributed by atoms with Gasteiger partial charge in [0.05, 0.1) is 11.0 Å². The molecule has 0 unspecified atom stereocenters. The van der Waals surface area contributed by atoms with Crippen molar-refractivity contribution in [3.63, 3.8) is 0 Å². The molecule has 1 aromatic carbocycles. The molecule has 2 N–H and O–H groups in total. The minimum absolute atomic E-state index is 0.0953. The van der Waals surface area contributed by atoms with E-state index in [1.54, 1.807) is 0 Å². The highest BCUT2D eigenvalue weighted by molar-refractivity contribution is 5.63. The van der Waals surface area contributed by atoms with E-state index in [9.17, 15) is 15.2 Å². The lowest BCUT2D eigenvalue weighted by Gasteiger charge is -2.22. The highest BCUT2D eigenvalue weighted by atomic mass is 16.6. The Bertz CT molecular complexity index is 430. The summed E-state index contributed by atoms with van der Waals surface area (Å²) in [4.78, 5) is 10.4. The number of nitro groups is 1. The van der Waals surface area contributed by atoms with Gasteiger partial charge in [-0.3, -0.25) is 10.1 Å². The molecular weight excluding hydrogens is 236 g/mol. The van der Waals surface area contributed by atoms with Gasteiger partial charge in [0.25, 0.3) is 5.69 Å². The molecule has 0 saturated carbocycles. The van der Waals surface area contributed by atoms with E-state index in [1.807, 2.05) is 0 Å². The molecule has 1 saturated heterocycles. The van der Waals surface area contributed by atoms with Gasteiger partial charge < -0.3 is 15.2 Å². The summed E-state index contributed by atoms with van der Waals surface area (Å²) >= 11 is 0. The summed E-state index contributed by atoms with van der Waals surface area (Å²) in [6, 6.07) is 4.14. The number of nitro benzene ring substituents is 1. The number of anilines is 1. The third-order valence-electron chi connectivity index (χ3n) is 3.10. The number of ether oxygens (including phenoxy) is 1. The van der Waals surface area contributed by atoms with Gasteiger partial charge in [-0.25, -0.2) is 0 Å². The molecule has 0 aliphatic carbocycles. The van der Waals surface area contributed by atoms with Crippen molar-refractivity contribution in [3.05, 3.63) is 28.3 Å². The summed E-state index contributed by atoms with van der Waals surface area (Å²) in [5, 5.41) is 23.2. The average molecular weight is 252 g/mol. The van der Waals surface area contributed by atoms with Crippen LogP contribution in [0.2, 0.25) is 0 Å². The molecule has 1 fully saturated rings. The predicted molar refractivity (Wildman–Crippen MR) is 66.8 cm³/mol. The molecule has 0 spiro atoms. The van der Waals surface area contributed by atoms with Crippen LogP contribution in [0.25, 0.3) is 0 Å². The van der Waals surface area contributed by atoms with Crippen molar-refractivity contribution in [2.45, 2.75) is 12.8 Å². The summed E-state index contributed by atoms with van der Waals surface area (Å²) in [5.74, 6) is 0.380. The number of hydrogen-bond donors (Lipinski definition) is 2. The van der Waals surface area contributed by atoms with E-state index in [2.05, 4.69) is 5.32 Å². The Labute approximate surface area is 105 Å². The molecule has 0 aromatic heterocycles. The molecule has 6 heteroatoms. The van der Waals surface area contributed by atoms with E-state index in [0.717, 1.165) is 32.1 Å². The van der Waals surface area contributed by atoms with Gasteiger partial charge in [0.2, 0.25) is 0 Å². The van der Waals surface area contributed by atoms with Crippen LogP contribution < -0.4 is 5.32 Å². The topological polar surface area (TPSA) is 84.6 Å². The first-order chi connectivity index (χ1) is 8.66. The third-order valence-corrected chi connectivity index (χ3v) is 3.10. The van der Waals surface area contributed by atoms with E-state index in [1.165, 1.54) is 12.1 Å². The largest absolute Gasteiger partial charge is 0.508 e. The Hall–Kier alpha value is -1.82. The van der Waals surface area contributed by atoms with Gasteiger partial charge >= 0.3 is 0 Å². The number of phenolic OH excluding ortho intramolecular Hbond substituents is 1. The Morgan fingerprint density at radius 3 is 2.83 bits per heavy atom. The lowest BCUT2D eigenvalue weighted by molar-refractivity contribution is -0.384. The van der Waals surface area contributed by atoms with Crippen molar-refractivity contribution in [1.82, 2.24) is 0 Å². The monoisotopic (exact) mass is 252 g/mol. The maximum absolute atomic E-state index is 10.9. The smallest absolute Gasteiger partial charge is 0.296 e. The summed E-state index contributed by atoms with van der Waals surface area (Å²) < 4.78 is 5.26. The maximum atomic E-state index is 10.9. The number of rotatable bonds is 4. The third kappa shape index (κ3) is 3.10. The second-order valence-electron chi connectivity index (χ2n) is 4.40. The van der Waals surface area contributed by atoms with Crippen LogP contribution in [-0.2, 0) is 4.74 Å². The van der Waals surface area contributed by atoms with Crippen molar-refractivity contribution in [2.75, 3.05) is 25.1 Å². The number of nitrogens with zero attached hydrogens (tertiary/aromatic N) is 1. The molecule has 2 rings (SSSR count). The van der Waals surface area contributed by atoms with E-state index in [-0.39, 0.29) is 11.4 Å². The molecule has 18 heavy (non-hydrogen) atoms.